The van der Waals surface area contributed by atoms with Crippen LogP contribution >= 0.6 is 81.6 Å². The Morgan fingerprint density at radius 1 is 0.647 bits per heavy atom. The van der Waals surface area contributed by atoms with Crippen molar-refractivity contribution in [2.24, 2.45) is 0 Å². The lowest BCUT2D eigenvalue weighted by Gasteiger charge is -2.47. The van der Waals surface area contributed by atoms with Crippen LogP contribution in [0.2, 0.25) is 0 Å². The standard InChI is InChI=1S/C25H39Cl6NOS/c1-2-3-4-5-6-7-8-9-10-11-12-13-14-15-16-17-20-32-21(33)24(30)22(26,27)18-19-23(28,29)25(24,31)34-32/h18-19H,2-17,20H2,1H3. The van der Waals surface area contributed by atoms with Gasteiger partial charge in [-0.15, -0.1) is 11.6 Å². The molecule has 1 heterocycles. The summed E-state index contributed by atoms with van der Waals surface area (Å²) in [6.07, 6.45) is 23.4. The monoisotopic (exact) mass is 611 g/mol. The molecule has 0 bridgehead atoms. The van der Waals surface area contributed by atoms with Gasteiger partial charge in [-0.1, -0.05) is 161 Å². The fourth-order valence-corrected chi connectivity index (χ4v) is 8.41. The van der Waals surface area contributed by atoms with E-state index < -0.39 is 23.7 Å². The Hall–Kier alpha value is 1.30. The maximum atomic E-state index is 13.1. The quantitative estimate of drug-likeness (QED) is 0.0704. The summed E-state index contributed by atoms with van der Waals surface area (Å²) in [7, 11) is 0. The van der Waals surface area contributed by atoms with E-state index in [0.29, 0.717) is 6.54 Å². The van der Waals surface area contributed by atoms with E-state index >= 15 is 0 Å². The summed E-state index contributed by atoms with van der Waals surface area (Å²) < 4.78 is -3.38. The molecule has 2 atom stereocenters. The molecule has 2 aliphatic rings. The van der Waals surface area contributed by atoms with Gasteiger partial charge >= 0.3 is 0 Å². The van der Waals surface area contributed by atoms with Crippen LogP contribution in [-0.2, 0) is 4.79 Å². The fourth-order valence-electron chi connectivity index (χ4n) is 4.60. The Morgan fingerprint density at radius 3 is 1.44 bits per heavy atom. The zero-order valence-electron chi connectivity index (χ0n) is 20.2. The third-order valence-corrected chi connectivity index (χ3v) is 12.2. The van der Waals surface area contributed by atoms with Crippen LogP contribution in [0.3, 0.4) is 0 Å². The summed E-state index contributed by atoms with van der Waals surface area (Å²) in [5.74, 6) is -0.449. The van der Waals surface area contributed by atoms with E-state index in [9.17, 15) is 4.79 Å². The number of carbonyl (C=O) groups is 1. The van der Waals surface area contributed by atoms with Gasteiger partial charge in [0.1, 0.15) is 0 Å². The number of fused-ring (bicyclic) bond motifs is 1. The Balaban J connectivity index is 1.55. The second kappa shape index (κ2) is 14.5. The minimum absolute atomic E-state index is 0.449. The molecule has 0 aromatic carbocycles. The summed E-state index contributed by atoms with van der Waals surface area (Å²) in [5, 5.41) is 0. The van der Waals surface area contributed by atoms with E-state index in [1.807, 2.05) is 0 Å². The number of carbonyl (C=O) groups excluding carboxylic acids is 1. The average Bonchev–Trinajstić information content (AvgIpc) is 3.00. The molecule has 0 aromatic rings. The highest BCUT2D eigenvalue weighted by Crippen LogP contribution is 2.69. The lowest BCUT2D eigenvalue weighted by atomic mass is 9.89. The van der Waals surface area contributed by atoms with E-state index in [1.54, 1.807) is 0 Å². The molecule has 0 saturated carbocycles. The topological polar surface area (TPSA) is 20.3 Å². The fraction of sp³-hybridized carbons (Fsp3) is 0.880. The summed E-state index contributed by atoms with van der Waals surface area (Å²) in [6.45, 7) is 2.77. The average molecular weight is 614 g/mol. The number of unbranched alkanes of at least 4 members (excludes halogenated alkanes) is 15. The van der Waals surface area contributed by atoms with Gasteiger partial charge in [-0.25, -0.2) is 0 Å². The highest BCUT2D eigenvalue weighted by atomic mass is 35.5. The molecule has 1 aliphatic heterocycles. The zero-order chi connectivity index (χ0) is 25.3. The third-order valence-electron chi connectivity index (χ3n) is 6.81. The van der Waals surface area contributed by atoms with E-state index in [2.05, 4.69) is 6.92 Å². The molecule has 0 aromatic heterocycles. The van der Waals surface area contributed by atoms with Crippen LogP contribution in [0.1, 0.15) is 110 Å². The van der Waals surface area contributed by atoms with E-state index in [-0.39, 0.29) is 0 Å². The maximum Gasteiger partial charge on any atom is 0.260 e. The van der Waals surface area contributed by atoms with Crippen molar-refractivity contribution >= 4 is 87.5 Å². The van der Waals surface area contributed by atoms with Gasteiger partial charge in [0.2, 0.25) is 0 Å². The molecule has 1 aliphatic carbocycles. The van der Waals surface area contributed by atoms with Crippen molar-refractivity contribution in [2.75, 3.05) is 6.54 Å². The number of amides is 1. The molecule has 9 heteroatoms. The third kappa shape index (κ3) is 7.45. The van der Waals surface area contributed by atoms with Crippen molar-refractivity contribution in [2.45, 2.75) is 127 Å². The predicted molar refractivity (Wildman–Crippen MR) is 154 cm³/mol. The smallest absolute Gasteiger partial charge is 0.260 e. The normalized spacial score (nSPS) is 27.4. The SMILES string of the molecule is CCCCCCCCCCCCCCCCCCN1SC2(Cl)C(Cl)(Cl)C=CC(Cl)(Cl)C2(Cl)C1=O. The van der Waals surface area contributed by atoms with Crippen molar-refractivity contribution in [1.82, 2.24) is 4.31 Å². The number of hydrogen-bond donors (Lipinski definition) is 0. The van der Waals surface area contributed by atoms with Gasteiger partial charge in [-0.3, -0.25) is 9.10 Å². The summed E-state index contributed by atoms with van der Waals surface area (Å²) in [4.78, 5) is 11.3. The summed E-state index contributed by atoms with van der Waals surface area (Å²) >= 11 is 40.0. The van der Waals surface area contributed by atoms with Crippen LogP contribution < -0.4 is 0 Å². The molecule has 0 N–H and O–H groups in total. The number of halogens is 6. The molecule has 2 nitrogen and oxygen atoms in total. The van der Waals surface area contributed by atoms with Crippen LogP contribution in [0.4, 0.5) is 0 Å². The number of hydrogen-bond acceptors (Lipinski definition) is 2. The largest absolute Gasteiger partial charge is 0.283 e. The van der Waals surface area contributed by atoms with Gasteiger partial charge in [-0.05, 0) is 30.5 Å². The molecule has 34 heavy (non-hydrogen) atoms. The minimum atomic E-state index is -1.86. The van der Waals surface area contributed by atoms with E-state index in [1.165, 1.54) is 99.9 Å². The highest BCUT2D eigenvalue weighted by molar-refractivity contribution is 8.01. The molecule has 1 saturated heterocycles. The van der Waals surface area contributed by atoms with Gasteiger partial charge in [-0.2, -0.15) is 0 Å². The lowest BCUT2D eigenvalue weighted by Crippen LogP contribution is -2.64. The Labute approximate surface area is 241 Å². The number of rotatable bonds is 17. The zero-order valence-corrected chi connectivity index (χ0v) is 25.6. The van der Waals surface area contributed by atoms with Crippen LogP contribution in [0.5, 0.6) is 0 Å². The summed E-state index contributed by atoms with van der Waals surface area (Å²) in [6, 6.07) is 0. The van der Waals surface area contributed by atoms with Crippen molar-refractivity contribution in [3.63, 3.8) is 0 Å². The molecular weight excluding hydrogens is 575 g/mol. The van der Waals surface area contributed by atoms with Gasteiger partial charge in [0.15, 0.2) is 17.7 Å². The number of nitrogens with zero attached hydrogens (tertiary/aromatic N) is 1. The number of allylic oxidation sites excluding steroid dienone is 2. The second-order valence-corrected chi connectivity index (χ2v) is 15.0. The van der Waals surface area contributed by atoms with Crippen LogP contribution in [-0.4, -0.2) is 34.5 Å². The molecule has 0 radical (unpaired) electrons. The van der Waals surface area contributed by atoms with Gasteiger partial charge < -0.3 is 0 Å². The summed E-state index contributed by atoms with van der Waals surface area (Å²) in [5.41, 5.74) is 0. The number of alkyl halides is 6. The molecule has 1 amide bonds. The Kier molecular flexibility index (Phi) is 13.4. The van der Waals surface area contributed by atoms with Crippen molar-refractivity contribution in [3.05, 3.63) is 12.2 Å². The molecular formula is C25H39Cl6NOS. The second-order valence-electron chi connectivity index (χ2n) is 9.63. The maximum absolute atomic E-state index is 13.1. The molecule has 2 rings (SSSR count). The first-order valence-corrected chi connectivity index (χ1v) is 15.9. The Bertz CT molecular complexity index is 676. The molecule has 1 fully saturated rings. The van der Waals surface area contributed by atoms with Gasteiger partial charge in [0.25, 0.3) is 5.91 Å². The van der Waals surface area contributed by atoms with E-state index in [4.69, 9.17) is 69.6 Å². The molecule has 0 spiro atoms. The molecule has 2 unspecified atom stereocenters. The van der Waals surface area contributed by atoms with Crippen molar-refractivity contribution in [3.8, 4) is 0 Å². The first-order chi connectivity index (χ1) is 16.0. The first-order valence-electron chi connectivity index (χ1n) is 12.9. The van der Waals surface area contributed by atoms with E-state index in [0.717, 1.165) is 31.2 Å². The molecule has 198 valence electrons. The van der Waals surface area contributed by atoms with Gasteiger partial charge in [0, 0.05) is 6.54 Å². The van der Waals surface area contributed by atoms with Crippen LogP contribution in [0.25, 0.3) is 0 Å². The van der Waals surface area contributed by atoms with Crippen molar-refractivity contribution < 1.29 is 4.79 Å². The lowest BCUT2D eigenvalue weighted by molar-refractivity contribution is -0.128. The first kappa shape index (κ1) is 31.5. The van der Waals surface area contributed by atoms with Crippen LogP contribution in [0, 0.1) is 0 Å². The predicted octanol–water partition coefficient (Wildman–Crippen LogP) is 10.6. The minimum Gasteiger partial charge on any atom is -0.283 e. The van der Waals surface area contributed by atoms with Crippen LogP contribution in [0.15, 0.2) is 12.2 Å². The van der Waals surface area contributed by atoms with Gasteiger partial charge in [0.05, 0.1) is 0 Å². The Morgan fingerprint density at radius 2 is 1.03 bits per heavy atom. The van der Waals surface area contributed by atoms with Crippen molar-refractivity contribution in [1.29, 1.82) is 0 Å². The highest BCUT2D eigenvalue weighted by Gasteiger charge is 2.79.